The SMILES string of the molecule is COc1ccc(N(CC(=O)N/N=C/c2ccc(OCc3cccc(Cl)c3)cc2)S(=O)(=O)c2ccc(C)cc2)cc1OC. The molecule has 0 bridgehead atoms. The van der Waals surface area contributed by atoms with Gasteiger partial charge >= 0.3 is 0 Å². The Hall–Kier alpha value is -4.54. The molecule has 0 radical (unpaired) electrons. The van der Waals surface area contributed by atoms with Gasteiger partial charge in [-0.1, -0.05) is 41.4 Å². The van der Waals surface area contributed by atoms with E-state index in [9.17, 15) is 13.2 Å². The summed E-state index contributed by atoms with van der Waals surface area (Å²) >= 11 is 6.01. The Morgan fingerprint density at radius 3 is 2.31 bits per heavy atom. The minimum Gasteiger partial charge on any atom is -0.493 e. The molecule has 0 spiro atoms. The molecule has 1 amide bonds. The predicted octanol–water partition coefficient (Wildman–Crippen LogP) is 5.59. The van der Waals surface area contributed by atoms with Crippen molar-refractivity contribution in [2.24, 2.45) is 5.10 Å². The number of nitrogens with zero attached hydrogens (tertiary/aromatic N) is 2. The lowest BCUT2D eigenvalue weighted by Gasteiger charge is -2.24. The first-order chi connectivity index (χ1) is 20.2. The molecule has 0 saturated heterocycles. The number of hydrazone groups is 1. The Morgan fingerprint density at radius 2 is 1.64 bits per heavy atom. The van der Waals surface area contributed by atoms with Crippen molar-refractivity contribution in [2.75, 3.05) is 25.1 Å². The van der Waals surface area contributed by atoms with Crippen LogP contribution in [0.25, 0.3) is 0 Å². The normalized spacial score (nSPS) is 11.2. The highest BCUT2D eigenvalue weighted by Gasteiger charge is 2.28. The number of ether oxygens (including phenoxy) is 3. The molecule has 0 saturated carbocycles. The average Bonchev–Trinajstić information content (AvgIpc) is 2.99. The molecule has 4 aromatic rings. The Bertz CT molecular complexity index is 1660. The third-order valence-electron chi connectivity index (χ3n) is 6.13. The molecule has 4 rings (SSSR count). The van der Waals surface area contributed by atoms with Crippen LogP contribution in [-0.4, -0.2) is 41.3 Å². The van der Waals surface area contributed by atoms with Crippen LogP contribution in [0.15, 0.2) is 101 Å². The van der Waals surface area contributed by atoms with Gasteiger partial charge in [0.05, 0.1) is 31.0 Å². The quantitative estimate of drug-likeness (QED) is 0.166. The van der Waals surface area contributed by atoms with Gasteiger partial charge in [0, 0.05) is 11.1 Å². The van der Waals surface area contributed by atoms with E-state index in [4.69, 9.17) is 25.8 Å². The topological polar surface area (TPSA) is 107 Å². The number of carbonyl (C=O) groups excluding carboxylic acids is 1. The van der Waals surface area contributed by atoms with E-state index < -0.39 is 22.5 Å². The van der Waals surface area contributed by atoms with Crippen molar-refractivity contribution in [3.05, 3.63) is 113 Å². The van der Waals surface area contributed by atoms with Crippen molar-refractivity contribution in [1.82, 2.24) is 5.43 Å². The molecule has 0 aliphatic heterocycles. The van der Waals surface area contributed by atoms with E-state index in [-0.39, 0.29) is 10.6 Å². The predicted molar refractivity (Wildman–Crippen MR) is 163 cm³/mol. The first-order valence-corrected chi connectivity index (χ1v) is 14.6. The summed E-state index contributed by atoms with van der Waals surface area (Å²) in [6, 6.07) is 25.5. The maximum Gasteiger partial charge on any atom is 0.264 e. The fourth-order valence-electron chi connectivity index (χ4n) is 3.92. The summed E-state index contributed by atoms with van der Waals surface area (Å²) in [6.45, 7) is 1.70. The van der Waals surface area contributed by atoms with Gasteiger partial charge in [-0.15, -0.1) is 0 Å². The molecule has 1 N–H and O–H groups in total. The van der Waals surface area contributed by atoms with Crippen LogP contribution in [-0.2, 0) is 21.4 Å². The van der Waals surface area contributed by atoms with Gasteiger partial charge < -0.3 is 14.2 Å². The van der Waals surface area contributed by atoms with Gasteiger partial charge in [0.1, 0.15) is 18.9 Å². The zero-order valence-corrected chi connectivity index (χ0v) is 24.9. The number of hydrogen-bond donors (Lipinski definition) is 1. The molecule has 4 aromatic carbocycles. The number of halogens is 1. The second-order valence-corrected chi connectivity index (χ2v) is 11.4. The summed E-state index contributed by atoms with van der Waals surface area (Å²) in [5.74, 6) is 0.752. The maximum absolute atomic E-state index is 13.6. The van der Waals surface area contributed by atoms with Gasteiger partial charge in [0.2, 0.25) is 0 Å². The largest absolute Gasteiger partial charge is 0.493 e. The number of hydrogen-bond acceptors (Lipinski definition) is 7. The number of carbonyl (C=O) groups is 1. The van der Waals surface area contributed by atoms with Crippen molar-refractivity contribution in [2.45, 2.75) is 18.4 Å². The Balaban J connectivity index is 1.45. The molecule has 0 aliphatic rings. The third-order valence-corrected chi connectivity index (χ3v) is 8.15. The van der Waals surface area contributed by atoms with Crippen molar-refractivity contribution in [1.29, 1.82) is 0 Å². The second kappa shape index (κ2) is 13.9. The number of sulfonamides is 1. The second-order valence-electron chi connectivity index (χ2n) is 9.14. The van der Waals surface area contributed by atoms with Crippen LogP contribution in [0.1, 0.15) is 16.7 Å². The third kappa shape index (κ3) is 7.80. The van der Waals surface area contributed by atoms with Gasteiger partial charge in [-0.3, -0.25) is 9.10 Å². The zero-order valence-electron chi connectivity index (χ0n) is 23.3. The Kier molecular flexibility index (Phi) is 10.1. The van der Waals surface area contributed by atoms with Crippen molar-refractivity contribution in [3.8, 4) is 17.2 Å². The van der Waals surface area contributed by atoms with Crippen molar-refractivity contribution in [3.63, 3.8) is 0 Å². The molecule has 0 atom stereocenters. The smallest absolute Gasteiger partial charge is 0.264 e. The molecular formula is C31H30ClN3O6S. The molecule has 218 valence electrons. The lowest BCUT2D eigenvalue weighted by atomic mass is 10.2. The highest BCUT2D eigenvalue weighted by atomic mass is 35.5. The van der Waals surface area contributed by atoms with E-state index in [0.29, 0.717) is 34.4 Å². The molecule has 9 nitrogen and oxygen atoms in total. The maximum atomic E-state index is 13.6. The molecule has 0 aliphatic carbocycles. The minimum atomic E-state index is -4.12. The van der Waals surface area contributed by atoms with E-state index in [1.807, 2.05) is 25.1 Å². The zero-order chi connectivity index (χ0) is 30.1. The summed E-state index contributed by atoms with van der Waals surface area (Å²) in [6.07, 6.45) is 1.45. The molecule has 0 fully saturated rings. The van der Waals surface area contributed by atoms with Crippen LogP contribution in [0.3, 0.4) is 0 Å². The standard InChI is InChI=1S/C31H30ClN3O6S/c1-22-7-14-28(15-8-22)42(37,38)35(26-11-16-29(39-2)30(18-26)40-3)20-31(36)34-33-19-23-9-12-27(13-10-23)41-21-24-5-4-6-25(32)17-24/h4-19H,20-21H2,1-3H3,(H,34,36)/b33-19+. The summed E-state index contributed by atoms with van der Waals surface area (Å²) in [4.78, 5) is 12.9. The van der Waals surface area contributed by atoms with Gasteiger partial charge in [-0.25, -0.2) is 13.8 Å². The van der Waals surface area contributed by atoms with Crippen LogP contribution >= 0.6 is 11.6 Å². The van der Waals surface area contributed by atoms with E-state index in [1.54, 1.807) is 54.6 Å². The molecule has 0 unspecified atom stereocenters. The number of aryl methyl sites for hydroxylation is 1. The lowest BCUT2D eigenvalue weighted by molar-refractivity contribution is -0.119. The van der Waals surface area contributed by atoms with Gasteiger partial charge in [0.25, 0.3) is 15.9 Å². The molecular weight excluding hydrogens is 578 g/mol. The highest BCUT2D eigenvalue weighted by molar-refractivity contribution is 7.92. The fourth-order valence-corrected chi connectivity index (χ4v) is 5.55. The van der Waals surface area contributed by atoms with Crippen LogP contribution in [0, 0.1) is 6.92 Å². The number of amides is 1. The van der Waals surface area contributed by atoms with E-state index in [2.05, 4.69) is 10.5 Å². The fraction of sp³-hybridized carbons (Fsp3) is 0.161. The summed E-state index contributed by atoms with van der Waals surface area (Å²) in [5, 5.41) is 4.65. The van der Waals surface area contributed by atoms with Crippen molar-refractivity contribution >= 4 is 39.4 Å². The van der Waals surface area contributed by atoms with E-state index in [1.165, 1.54) is 38.6 Å². The molecule has 42 heavy (non-hydrogen) atoms. The van der Waals surface area contributed by atoms with Gasteiger partial charge in [0.15, 0.2) is 11.5 Å². The lowest BCUT2D eigenvalue weighted by Crippen LogP contribution is -2.39. The highest BCUT2D eigenvalue weighted by Crippen LogP contribution is 2.33. The van der Waals surface area contributed by atoms with Crippen molar-refractivity contribution < 1.29 is 27.4 Å². The molecule has 0 heterocycles. The minimum absolute atomic E-state index is 0.0388. The summed E-state index contributed by atoms with van der Waals surface area (Å²) in [5.41, 5.74) is 5.18. The first kappa shape index (κ1) is 30.4. The number of rotatable bonds is 12. The van der Waals surface area contributed by atoms with Crippen LogP contribution < -0.4 is 23.9 Å². The van der Waals surface area contributed by atoms with Gasteiger partial charge in [-0.05, 0) is 78.7 Å². The average molecular weight is 608 g/mol. The number of anilines is 1. The monoisotopic (exact) mass is 607 g/mol. The molecule has 11 heteroatoms. The van der Waals surface area contributed by atoms with E-state index in [0.717, 1.165) is 15.4 Å². The summed E-state index contributed by atoms with van der Waals surface area (Å²) in [7, 11) is -1.20. The Morgan fingerprint density at radius 1 is 0.929 bits per heavy atom. The van der Waals surface area contributed by atoms with E-state index >= 15 is 0 Å². The summed E-state index contributed by atoms with van der Waals surface area (Å²) < 4.78 is 44.7. The Labute approximate surface area is 250 Å². The first-order valence-electron chi connectivity index (χ1n) is 12.8. The van der Waals surface area contributed by atoms with Crippen LogP contribution in [0.4, 0.5) is 5.69 Å². The van der Waals surface area contributed by atoms with Crippen LogP contribution in [0.5, 0.6) is 17.2 Å². The number of nitrogens with one attached hydrogen (secondary N) is 1. The van der Waals surface area contributed by atoms with Crippen LogP contribution in [0.2, 0.25) is 5.02 Å². The van der Waals surface area contributed by atoms with Gasteiger partial charge in [-0.2, -0.15) is 5.10 Å². The number of methoxy groups -OCH3 is 2. The number of benzene rings is 4. The molecule has 0 aromatic heterocycles.